The van der Waals surface area contributed by atoms with Crippen molar-refractivity contribution in [2.45, 2.75) is 13.1 Å². The van der Waals surface area contributed by atoms with Crippen LogP contribution in [-0.2, 0) is 10.9 Å². The summed E-state index contributed by atoms with van der Waals surface area (Å²) in [5.41, 5.74) is -0.0500. The van der Waals surface area contributed by atoms with Crippen LogP contribution in [-0.4, -0.2) is 19.3 Å². The number of hydrogen-bond acceptors (Lipinski definition) is 4. The van der Waals surface area contributed by atoms with Crippen LogP contribution in [0.1, 0.15) is 11.1 Å². The topological polar surface area (TPSA) is 76.7 Å². The molecule has 138 valence electrons. The van der Waals surface area contributed by atoms with Crippen LogP contribution < -0.4 is 15.4 Å². The lowest BCUT2D eigenvalue weighted by Gasteiger charge is -2.12. The van der Waals surface area contributed by atoms with E-state index in [0.29, 0.717) is 11.3 Å². The molecule has 0 aromatic heterocycles. The summed E-state index contributed by atoms with van der Waals surface area (Å²) in [5, 5.41) is 4.64. The third-order valence-electron chi connectivity index (χ3n) is 3.26. The summed E-state index contributed by atoms with van der Waals surface area (Å²) >= 11 is 0. The van der Waals surface area contributed by atoms with Crippen LogP contribution in [0.3, 0.4) is 0 Å². The molecule has 0 saturated heterocycles. The number of carbonyl (C=O) groups is 2. The number of hydrogen-bond donors (Lipinski definition) is 2. The Morgan fingerprint density at radius 2 is 1.62 bits per heavy atom. The van der Waals surface area contributed by atoms with E-state index < -0.39 is 23.9 Å². The Morgan fingerprint density at radius 1 is 0.962 bits per heavy atom. The highest BCUT2D eigenvalue weighted by Gasteiger charge is 2.30. The molecular weight excluding hydrogens is 353 g/mol. The van der Waals surface area contributed by atoms with Crippen LogP contribution in [0, 0.1) is 6.92 Å². The normalized spacial score (nSPS) is 10.8. The predicted molar refractivity (Wildman–Crippen MR) is 88.3 cm³/mol. The number of halogens is 3. The van der Waals surface area contributed by atoms with Gasteiger partial charge in [-0.2, -0.15) is 13.2 Å². The summed E-state index contributed by atoms with van der Waals surface area (Å²) in [4.78, 5) is 23.2. The molecule has 0 fully saturated rings. The van der Waals surface area contributed by atoms with Crippen molar-refractivity contribution in [1.82, 2.24) is 0 Å². The van der Waals surface area contributed by atoms with Crippen molar-refractivity contribution >= 4 is 23.6 Å². The Morgan fingerprint density at radius 3 is 2.27 bits per heavy atom. The number of ether oxygens (including phenoxy) is 2. The summed E-state index contributed by atoms with van der Waals surface area (Å²) in [6.07, 6.45) is -6.19. The molecule has 0 heterocycles. The molecule has 0 aliphatic heterocycles. The van der Waals surface area contributed by atoms with Crippen molar-refractivity contribution in [1.29, 1.82) is 0 Å². The Kier molecular flexibility index (Phi) is 5.71. The van der Waals surface area contributed by atoms with Crippen LogP contribution in [0.2, 0.25) is 0 Å². The number of benzene rings is 2. The van der Waals surface area contributed by atoms with E-state index in [4.69, 9.17) is 4.74 Å². The van der Waals surface area contributed by atoms with E-state index in [1.165, 1.54) is 25.3 Å². The smallest absolute Gasteiger partial charge is 0.417 e. The van der Waals surface area contributed by atoms with Crippen LogP contribution in [0.15, 0.2) is 42.5 Å². The fourth-order valence-corrected chi connectivity index (χ4v) is 1.97. The predicted octanol–water partition coefficient (Wildman–Crippen LogP) is 4.80. The first-order valence-electron chi connectivity index (χ1n) is 7.31. The van der Waals surface area contributed by atoms with Gasteiger partial charge in [-0.15, -0.1) is 0 Å². The Labute approximate surface area is 146 Å². The first-order valence-corrected chi connectivity index (χ1v) is 7.31. The fourth-order valence-electron chi connectivity index (χ4n) is 1.97. The summed E-state index contributed by atoms with van der Waals surface area (Å²) < 4.78 is 47.7. The molecule has 0 bridgehead atoms. The SMILES string of the molecule is COC(=O)Nc1ccc(C)c(OC(=O)Nc2cccc(C(F)(F)F)c2)c1. The van der Waals surface area contributed by atoms with Gasteiger partial charge in [0.1, 0.15) is 5.75 Å². The molecule has 6 nitrogen and oxygen atoms in total. The third-order valence-corrected chi connectivity index (χ3v) is 3.26. The van der Waals surface area contributed by atoms with Crippen LogP contribution in [0.5, 0.6) is 5.75 Å². The summed E-state index contributed by atoms with van der Waals surface area (Å²) in [7, 11) is 1.20. The lowest BCUT2D eigenvalue weighted by atomic mass is 10.2. The maximum Gasteiger partial charge on any atom is 0.417 e. The minimum Gasteiger partial charge on any atom is -0.453 e. The largest absolute Gasteiger partial charge is 0.453 e. The average molecular weight is 368 g/mol. The molecule has 0 saturated carbocycles. The zero-order valence-corrected chi connectivity index (χ0v) is 13.8. The summed E-state index contributed by atoms with van der Waals surface area (Å²) in [6, 6.07) is 8.72. The zero-order valence-electron chi connectivity index (χ0n) is 13.8. The molecule has 0 atom stereocenters. The molecule has 0 unspecified atom stereocenters. The number of methoxy groups -OCH3 is 1. The van der Waals surface area contributed by atoms with Gasteiger partial charge in [-0.3, -0.25) is 10.6 Å². The van der Waals surface area contributed by atoms with E-state index in [9.17, 15) is 22.8 Å². The molecule has 2 N–H and O–H groups in total. The van der Waals surface area contributed by atoms with Gasteiger partial charge in [0.15, 0.2) is 0 Å². The molecule has 2 aromatic rings. The van der Waals surface area contributed by atoms with Gasteiger partial charge in [-0.05, 0) is 36.8 Å². The number of amides is 2. The monoisotopic (exact) mass is 368 g/mol. The Bertz CT molecular complexity index is 822. The highest BCUT2D eigenvalue weighted by molar-refractivity contribution is 5.88. The lowest BCUT2D eigenvalue weighted by molar-refractivity contribution is -0.137. The first-order chi connectivity index (χ1) is 12.2. The van der Waals surface area contributed by atoms with Gasteiger partial charge in [-0.25, -0.2) is 9.59 Å². The van der Waals surface area contributed by atoms with Gasteiger partial charge < -0.3 is 9.47 Å². The molecule has 2 rings (SSSR count). The Hall–Kier alpha value is -3.23. The van der Waals surface area contributed by atoms with Gasteiger partial charge in [0.2, 0.25) is 0 Å². The van der Waals surface area contributed by atoms with Crippen molar-refractivity contribution in [3.8, 4) is 5.75 Å². The van der Waals surface area contributed by atoms with Crippen molar-refractivity contribution < 1.29 is 32.2 Å². The molecular formula is C17H15F3N2O4. The maximum absolute atomic E-state index is 12.7. The number of aryl methyl sites for hydroxylation is 1. The van der Waals surface area contributed by atoms with Crippen molar-refractivity contribution in [3.63, 3.8) is 0 Å². The highest BCUT2D eigenvalue weighted by atomic mass is 19.4. The number of alkyl halides is 3. The van der Waals surface area contributed by atoms with E-state index in [2.05, 4.69) is 15.4 Å². The zero-order chi connectivity index (χ0) is 19.3. The van der Waals surface area contributed by atoms with Crippen LogP contribution >= 0.6 is 0 Å². The van der Waals surface area contributed by atoms with E-state index in [1.807, 2.05) is 0 Å². The number of carbonyl (C=O) groups excluding carboxylic acids is 2. The van der Waals surface area contributed by atoms with Gasteiger partial charge in [0.05, 0.1) is 12.7 Å². The van der Waals surface area contributed by atoms with Gasteiger partial charge in [0.25, 0.3) is 0 Å². The van der Waals surface area contributed by atoms with Crippen LogP contribution in [0.4, 0.5) is 34.1 Å². The average Bonchev–Trinajstić information content (AvgIpc) is 2.57. The van der Waals surface area contributed by atoms with E-state index in [-0.39, 0.29) is 11.4 Å². The van der Waals surface area contributed by atoms with Crippen molar-refractivity contribution in [2.24, 2.45) is 0 Å². The second-order valence-corrected chi connectivity index (χ2v) is 5.19. The maximum atomic E-state index is 12.7. The van der Waals surface area contributed by atoms with Crippen molar-refractivity contribution in [2.75, 3.05) is 17.7 Å². The lowest BCUT2D eigenvalue weighted by Crippen LogP contribution is -2.18. The molecule has 26 heavy (non-hydrogen) atoms. The number of nitrogens with one attached hydrogen (secondary N) is 2. The number of anilines is 2. The summed E-state index contributed by atoms with van der Waals surface area (Å²) in [5.74, 6) is 0.128. The van der Waals surface area contributed by atoms with E-state index in [0.717, 1.165) is 12.1 Å². The van der Waals surface area contributed by atoms with Crippen LogP contribution in [0.25, 0.3) is 0 Å². The first kappa shape index (κ1) is 19.1. The van der Waals surface area contributed by atoms with Gasteiger partial charge >= 0.3 is 18.4 Å². The summed E-state index contributed by atoms with van der Waals surface area (Å²) in [6.45, 7) is 1.66. The van der Waals surface area contributed by atoms with E-state index in [1.54, 1.807) is 19.1 Å². The quantitative estimate of drug-likeness (QED) is 0.816. The minimum atomic E-state index is -4.52. The third kappa shape index (κ3) is 5.13. The van der Waals surface area contributed by atoms with E-state index >= 15 is 0 Å². The molecule has 2 aromatic carbocycles. The molecule has 0 aliphatic rings. The molecule has 2 amide bonds. The second kappa shape index (κ2) is 7.77. The molecule has 0 aliphatic carbocycles. The molecule has 0 radical (unpaired) electrons. The van der Waals surface area contributed by atoms with Gasteiger partial charge in [-0.1, -0.05) is 12.1 Å². The fraction of sp³-hybridized carbons (Fsp3) is 0.176. The molecule has 9 heteroatoms. The standard InChI is InChI=1S/C17H15F3N2O4/c1-10-6-7-13(21-15(23)25-2)9-14(10)26-16(24)22-12-5-3-4-11(8-12)17(18,19)20/h3-9H,1-2H3,(H,21,23)(H,22,24). The second-order valence-electron chi connectivity index (χ2n) is 5.19. The molecule has 0 spiro atoms. The van der Waals surface area contributed by atoms with Crippen molar-refractivity contribution in [3.05, 3.63) is 53.6 Å². The minimum absolute atomic E-state index is 0.0636. The number of rotatable bonds is 3. The Balaban J connectivity index is 2.10. The highest BCUT2D eigenvalue weighted by Crippen LogP contribution is 2.31. The van der Waals surface area contributed by atoms with Gasteiger partial charge in [0, 0.05) is 17.4 Å².